The summed E-state index contributed by atoms with van der Waals surface area (Å²) >= 11 is -3.29. The van der Waals surface area contributed by atoms with Crippen LogP contribution in [0.15, 0.2) is 30.3 Å². The third kappa shape index (κ3) is 10.7. The molecule has 2 nitrogen and oxygen atoms in total. The van der Waals surface area contributed by atoms with Gasteiger partial charge in [0.25, 0.3) is 0 Å². The summed E-state index contributed by atoms with van der Waals surface area (Å²) in [7, 11) is 20.1. The van der Waals surface area contributed by atoms with Crippen molar-refractivity contribution in [1.82, 2.24) is 0 Å². The zero-order valence-electron chi connectivity index (χ0n) is 6.75. The molecule has 0 aromatic heterocycles. The van der Waals surface area contributed by atoms with Crippen LogP contribution in [0, 0.1) is 0 Å². The summed E-state index contributed by atoms with van der Waals surface area (Å²) in [6, 6.07) is 8.30. The maximum absolute atomic E-state index is 10.2. The van der Waals surface area contributed by atoms with Crippen LogP contribution < -0.4 is 0 Å². The molecule has 0 aliphatic carbocycles. The van der Waals surface area contributed by atoms with E-state index >= 15 is 0 Å². The van der Waals surface area contributed by atoms with Crippen LogP contribution in [0.1, 0.15) is 10.4 Å². The van der Waals surface area contributed by atoms with Crippen LogP contribution in [0.5, 0.6) is 0 Å². The van der Waals surface area contributed by atoms with E-state index in [2.05, 4.69) is 0 Å². The van der Waals surface area contributed by atoms with E-state index in [1.807, 2.05) is 0 Å². The summed E-state index contributed by atoms with van der Waals surface area (Å²) in [6.45, 7) is 0. The van der Waals surface area contributed by atoms with Gasteiger partial charge in [-0.05, 0) is 12.1 Å². The van der Waals surface area contributed by atoms with Crippen LogP contribution in [-0.2, 0) is 0 Å². The monoisotopic (exact) mass is 382 g/mol. The Labute approximate surface area is 100 Å². The van der Waals surface area contributed by atoms with E-state index in [0.717, 1.165) is 0 Å². The van der Waals surface area contributed by atoms with Crippen LogP contribution in [0.3, 0.4) is 0 Å². The zero-order chi connectivity index (χ0) is 11.2. The van der Waals surface area contributed by atoms with Gasteiger partial charge in [0.15, 0.2) is 0 Å². The summed E-state index contributed by atoms with van der Waals surface area (Å²) in [5.74, 6) is -0.879. The third-order valence-electron chi connectivity index (χ3n) is 1.02. The molecule has 1 N–H and O–H groups in total. The Morgan fingerprint density at radius 3 is 1.64 bits per heavy atom. The molecule has 78 valence electrons. The Morgan fingerprint density at radius 2 is 1.43 bits per heavy atom. The molecule has 1 rings (SSSR count). The molecule has 0 aliphatic rings. The van der Waals surface area contributed by atoms with E-state index < -0.39 is 19.8 Å². The molecule has 0 fully saturated rings. The summed E-state index contributed by atoms with van der Waals surface area (Å²) in [4.78, 5) is 10.2. The number of carboxylic acids is 1. The number of rotatable bonds is 1. The van der Waals surface area contributed by atoms with Crippen molar-refractivity contribution >= 4 is 55.5 Å². The number of halogens is 4. The number of benzene rings is 1. The first kappa shape index (κ1) is 14.6. The topological polar surface area (TPSA) is 37.3 Å². The molecule has 0 amide bonds. The fourth-order valence-electron chi connectivity index (χ4n) is 0.581. The second kappa shape index (κ2) is 7.01. The third-order valence-corrected chi connectivity index (χ3v) is 1.02. The number of hydrogen-bond donors (Lipinski definition) is 1. The fourth-order valence-corrected chi connectivity index (χ4v) is 0.581. The molecule has 0 radical (unpaired) electrons. The van der Waals surface area contributed by atoms with Gasteiger partial charge in [0.1, 0.15) is 0 Å². The molecule has 0 aliphatic heterocycles. The first-order valence-electron chi connectivity index (χ1n) is 3.34. The Hall–Kier alpha value is 0.649. The van der Waals surface area contributed by atoms with Gasteiger partial charge in [0.2, 0.25) is 0 Å². The second-order valence-electron chi connectivity index (χ2n) is 2.10. The van der Waals surface area contributed by atoms with Gasteiger partial charge >= 0.3 is 55.5 Å². The van der Waals surface area contributed by atoms with E-state index in [-0.39, 0.29) is 0 Å². The summed E-state index contributed by atoms with van der Waals surface area (Å²) in [6.07, 6.45) is 0. The first-order valence-corrected chi connectivity index (χ1v) is 17.8. The van der Waals surface area contributed by atoms with Gasteiger partial charge in [-0.2, -0.15) is 0 Å². The van der Waals surface area contributed by atoms with Crippen molar-refractivity contribution in [2.45, 2.75) is 0 Å². The minimum atomic E-state index is -3.29. The van der Waals surface area contributed by atoms with Crippen LogP contribution >= 0.6 is 35.7 Å². The van der Waals surface area contributed by atoms with Crippen LogP contribution in [0.2, 0.25) is 0 Å². The molecule has 0 atom stereocenters. The average molecular weight is 383 g/mol. The van der Waals surface area contributed by atoms with Crippen molar-refractivity contribution in [1.29, 1.82) is 0 Å². The molecule has 7 heteroatoms. The summed E-state index contributed by atoms with van der Waals surface area (Å²) in [5, 5.41) is 8.38. The molecular formula is C7H6Cl4O2Sn. The Balaban J connectivity index is 0.000000292. The Bertz CT molecular complexity index is 279. The van der Waals surface area contributed by atoms with Crippen LogP contribution in [0.25, 0.3) is 0 Å². The van der Waals surface area contributed by atoms with Gasteiger partial charge in [-0.1, -0.05) is 18.2 Å². The molecule has 1 aromatic rings. The number of carbonyl (C=O) groups is 1. The summed E-state index contributed by atoms with van der Waals surface area (Å²) in [5.41, 5.74) is 0.331. The SMILES string of the molecule is O=C(O)c1ccccc1.[Cl][Sn]([Cl])([Cl])[Cl]. The molecule has 0 spiro atoms. The molecular weight excluding hydrogens is 377 g/mol. The van der Waals surface area contributed by atoms with Gasteiger partial charge in [0, 0.05) is 0 Å². The van der Waals surface area contributed by atoms with Gasteiger partial charge < -0.3 is 5.11 Å². The van der Waals surface area contributed by atoms with Crippen molar-refractivity contribution in [3.63, 3.8) is 0 Å². The van der Waals surface area contributed by atoms with Crippen LogP contribution in [-0.4, -0.2) is 24.9 Å². The molecule has 0 heterocycles. The first-order chi connectivity index (χ1) is 6.30. The molecule has 0 bridgehead atoms. The second-order valence-corrected chi connectivity index (χ2v) is 27.5. The standard InChI is InChI=1S/C7H6O2.4ClH.Sn/c8-7(9)6-4-2-1-3-5-6;;;;;/h1-5H,(H,8,9);4*1H;/q;;;;;+4/p-4. The predicted octanol–water partition coefficient (Wildman–Crippen LogP) is 3.76. The van der Waals surface area contributed by atoms with Crippen molar-refractivity contribution in [2.24, 2.45) is 0 Å². The van der Waals surface area contributed by atoms with Crippen LogP contribution in [0.4, 0.5) is 0 Å². The van der Waals surface area contributed by atoms with Crippen molar-refractivity contribution in [3.8, 4) is 0 Å². The van der Waals surface area contributed by atoms with E-state index in [4.69, 9.17) is 40.8 Å². The number of carboxylic acid groups (broad SMARTS) is 1. The fraction of sp³-hybridized carbons (Fsp3) is 0. The van der Waals surface area contributed by atoms with Gasteiger partial charge in [0.05, 0.1) is 5.56 Å². The predicted molar refractivity (Wildman–Crippen MR) is 62.6 cm³/mol. The number of hydrogen-bond acceptors (Lipinski definition) is 1. The molecule has 14 heavy (non-hydrogen) atoms. The van der Waals surface area contributed by atoms with Gasteiger partial charge in [-0.3, -0.25) is 0 Å². The van der Waals surface area contributed by atoms with E-state index in [1.165, 1.54) is 0 Å². The zero-order valence-corrected chi connectivity index (χ0v) is 12.6. The van der Waals surface area contributed by atoms with E-state index in [1.54, 1.807) is 30.3 Å². The Morgan fingerprint density at radius 1 is 1.07 bits per heavy atom. The Kier molecular flexibility index (Phi) is 7.34. The average Bonchev–Trinajstić information content (AvgIpc) is 2.03. The van der Waals surface area contributed by atoms with Crippen molar-refractivity contribution in [3.05, 3.63) is 35.9 Å². The molecule has 0 saturated carbocycles. The van der Waals surface area contributed by atoms with Gasteiger partial charge in [-0.25, -0.2) is 4.79 Å². The van der Waals surface area contributed by atoms with E-state index in [9.17, 15) is 4.79 Å². The quantitative estimate of drug-likeness (QED) is 0.751. The summed E-state index contributed by atoms with van der Waals surface area (Å²) < 4.78 is 0. The van der Waals surface area contributed by atoms with Gasteiger partial charge in [-0.15, -0.1) is 0 Å². The van der Waals surface area contributed by atoms with Crippen molar-refractivity contribution in [2.75, 3.05) is 0 Å². The number of aromatic carboxylic acids is 1. The molecule has 0 saturated heterocycles. The molecule has 0 unspecified atom stereocenters. The van der Waals surface area contributed by atoms with E-state index in [0.29, 0.717) is 5.56 Å². The normalized spacial score (nSPS) is 10.0. The van der Waals surface area contributed by atoms with Crippen molar-refractivity contribution < 1.29 is 9.90 Å². The minimum absolute atomic E-state index is 0.331. The molecule has 1 aromatic carbocycles. The maximum atomic E-state index is 10.2.